The van der Waals surface area contributed by atoms with Crippen molar-refractivity contribution in [3.63, 3.8) is 0 Å². The van der Waals surface area contributed by atoms with Gasteiger partial charge in [-0.2, -0.15) is 0 Å². The maximum atomic E-state index is 12.7. The van der Waals surface area contributed by atoms with Crippen LogP contribution in [-0.2, 0) is 6.42 Å². The lowest BCUT2D eigenvalue weighted by Gasteiger charge is -2.13. The molecule has 0 aliphatic heterocycles. The Morgan fingerprint density at radius 1 is 1.25 bits per heavy atom. The summed E-state index contributed by atoms with van der Waals surface area (Å²) in [5.74, 6) is -0.169. The van der Waals surface area contributed by atoms with Crippen LogP contribution in [0.5, 0.6) is 0 Å². The first kappa shape index (κ1) is 13.1. The lowest BCUT2D eigenvalue weighted by Crippen LogP contribution is -2.37. The van der Waals surface area contributed by atoms with Gasteiger partial charge in [0.1, 0.15) is 5.82 Å². The molecule has 0 aliphatic carbocycles. The van der Waals surface area contributed by atoms with Gasteiger partial charge in [0.15, 0.2) is 0 Å². The Morgan fingerprint density at radius 3 is 2.56 bits per heavy atom. The molecule has 0 aromatic heterocycles. The molecule has 1 atom stereocenters. The molecule has 2 nitrogen and oxygen atoms in total. The average Bonchev–Trinajstić information content (AvgIpc) is 2.29. The van der Waals surface area contributed by atoms with E-state index in [2.05, 4.69) is 24.5 Å². The largest absolute Gasteiger partial charge is 0.315 e. The molecule has 0 saturated carbocycles. The molecule has 0 aliphatic rings. The molecule has 16 heavy (non-hydrogen) atoms. The van der Waals surface area contributed by atoms with Crippen molar-refractivity contribution in [1.82, 2.24) is 10.6 Å². The number of benzene rings is 1. The highest BCUT2D eigenvalue weighted by atomic mass is 19.1. The van der Waals surface area contributed by atoms with Crippen molar-refractivity contribution in [3.05, 3.63) is 35.6 Å². The van der Waals surface area contributed by atoms with Gasteiger partial charge < -0.3 is 10.6 Å². The minimum absolute atomic E-state index is 0.169. The normalized spacial score (nSPS) is 12.7. The van der Waals surface area contributed by atoms with Gasteiger partial charge >= 0.3 is 0 Å². The fourth-order valence-electron chi connectivity index (χ4n) is 1.55. The Morgan fingerprint density at radius 2 is 1.94 bits per heavy atom. The Hall–Kier alpha value is -0.930. The first-order chi connectivity index (χ1) is 7.72. The van der Waals surface area contributed by atoms with E-state index in [9.17, 15) is 4.39 Å². The van der Waals surface area contributed by atoms with Gasteiger partial charge in [-0.15, -0.1) is 0 Å². The van der Waals surface area contributed by atoms with E-state index in [-0.39, 0.29) is 5.82 Å². The van der Waals surface area contributed by atoms with E-state index in [0.717, 1.165) is 26.1 Å². The third-order valence-corrected chi connectivity index (χ3v) is 2.52. The fourth-order valence-corrected chi connectivity index (χ4v) is 1.55. The van der Waals surface area contributed by atoms with Crippen molar-refractivity contribution in [2.75, 3.05) is 19.6 Å². The third kappa shape index (κ3) is 5.24. The van der Waals surface area contributed by atoms with Crippen LogP contribution in [0.25, 0.3) is 0 Å². The monoisotopic (exact) mass is 224 g/mol. The summed E-state index contributed by atoms with van der Waals surface area (Å²) in [5, 5.41) is 6.72. The Balaban J connectivity index is 2.17. The van der Waals surface area contributed by atoms with E-state index in [0.29, 0.717) is 6.04 Å². The summed E-state index contributed by atoms with van der Waals surface area (Å²) in [6, 6.07) is 7.17. The topological polar surface area (TPSA) is 24.1 Å². The van der Waals surface area contributed by atoms with Crippen molar-refractivity contribution in [1.29, 1.82) is 0 Å². The van der Waals surface area contributed by atoms with Crippen LogP contribution in [0.4, 0.5) is 4.39 Å². The molecule has 0 spiro atoms. The second-order valence-corrected chi connectivity index (χ2v) is 4.04. The average molecular weight is 224 g/mol. The number of nitrogens with one attached hydrogen (secondary N) is 2. The second kappa shape index (κ2) is 7.36. The van der Waals surface area contributed by atoms with Crippen molar-refractivity contribution in [2.24, 2.45) is 0 Å². The summed E-state index contributed by atoms with van der Waals surface area (Å²) in [5.41, 5.74) is 1.17. The van der Waals surface area contributed by atoms with E-state index in [1.165, 1.54) is 17.7 Å². The van der Waals surface area contributed by atoms with E-state index < -0.39 is 0 Å². The van der Waals surface area contributed by atoms with Gasteiger partial charge in [0, 0.05) is 12.6 Å². The molecule has 1 aromatic carbocycles. The van der Waals surface area contributed by atoms with Crippen molar-refractivity contribution in [3.8, 4) is 0 Å². The molecule has 0 amide bonds. The first-order valence-corrected chi connectivity index (χ1v) is 5.91. The second-order valence-electron chi connectivity index (χ2n) is 4.04. The Bertz CT molecular complexity index is 284. The van der Waals surface area contributed by atoms with E-state index in [1.54, 1.807) is 0 Å². The Labute approximate surface area is 97.3 Å². The predicted octanol–water partition coefficient (Wildman–Crippen LogP) is 1.96. The van der Waals surface area contributed by atoms with Crippen LogP contribution in [0.3, 0.4) is 0 Å². The number of halogens is 1. The minimum Gasteiger partial charge on any atom is -0.315 e. The summed E-state index contributed by atoms with van der Waals surface area (Å²) in [7, 11) is 0. The summed E-state index contributed by atoms with van der Waals surface area (Å²) < 4.78 is 12.7. The number of hydrogen-bond acceptors (Lipinski definition) is 2. The minimum atomic E-state index is -0.169. The molecule has 0 bridgehead atoms. The number of hydrogen-bond donors (Lipinski definition) is 2. The van der Waals surface area contributed by atoms with Gasteiger partial charge in [-0.25, -0.2) is 4.39 Å². The van der Waals surface area contributed by atoms with Crippen LogP contribution in [0, 0.1) is 5.82 Å². The molecular weight excluding hydrogens is 203 g/mol. The molecule has 2 N–H and O–H groups in total. The lowest BCUT2D eigenvalue weighted by atomic mass is 10.1. The van der Waals surface area contributed by atoms with E-state index in [1.807, 2.05) is 12.1 Å². The molecule has 1 unspecified atom stereocenters. The molecule has 1 rings (SSSR count). The highest BCUT2D eigenvalue weighted by Crippen LogP contribution is 2.02. The highest BCUT2D eigenvalue weighted by molar-refractivity contribution is 5.16. The van der Waals surface area contributed by atoms with Crippen LogP contribution in [0.2, 0.25) is 0 Å². The summed E-state index contributed by atoms with van der Waals surface area (Å²) in [6.07, 6.45) is 0.941. The van der Waals surface area contributed by atoms with Crippen molar-refractivity contribution >= 4 is 0 Å². The van der Waals surface area contributed by atoms with Crippen LogP contribution in [0.15, 0.2) is 24.3 Å². The van der Waals surface area contributed by atoms with Crippen molar-refractivity contribution < 1.29 is 4.39 Å². The van der Waals surface area contributed by atoms with Crippen LogP contribution in [0.1, 0.15) is 19.4 Å². The molecule has 0 heterocycles. The molecule has 1 aromatic rings. The summed E-state index contributed by atoms with van der Waals surface area (Å²) >= 11 is 0. The number of rotatable bonds is 7. The van der Waals surface area contributed by atoms with Gasteiger partial charge in [-0.05, 0) is 44.1 Å². The third-order valence-electron chi connectivity index (χ3n) is 2.52. The van der Waals surface area contributed by atoms with Gasteiger partial charge in [-0.3, -0.25) is 0 Å². The lowest BCUT2D eigenvalue weighted by molar-refractivity contribution is 0.512. The number of likely N-dealkylation sites (N-methyl/N-ethyl adjacent to an activating group) is 1. The molecule has 0 fully saturated rings. The molecule has 0 radical (unpaired) electrons. The fraction of sp³-hybridized carbons (Fsp3) is 0.538. The smallest absolute Gasteiger partial charge is 0.123 e. The molecule has 90 valence electrons. The quantitative estimate of drug-likeness (QED) is 0.740. The van der Waals surface area contributed by atoms with Gasteiger partial charge in [0.2, 0.25) is 0 Å². The van der Waals surface area contributed by atoms with Gasteiger partial charge in [0.25, 0.3) is 0 Å². The Kier molecular flexibility index (Phi) is 6.04. The van der Waals surface area contributed by atoms with Gasteiger partial charge in [0.05, 0.1) is 0 Å². The molecular formula is C13H21FN2. The van der Waals surface area contributed by atoms with Crippen LogP contribution < -0.4 is 10.6 Å². The summed E-state index contributed by atoms with van der Waals surface area (Å²) in [4.78, 5) is 0. The zero-order valence-electron chi connectivity index (χ0n) is 10.1. The zero-order valence-corrected chi connectivity index (χ0v) is 10.1. The standard InChI is InChI=1S/C13H21FN2/c1-3-15-10-11(2)16-9-8-12-4-6-13(14)7-5-12/h4-7,11,15-16H,3,8-10H2,1-2H3. The maximum absolute atomic E-state index is 12.7. The first-order valence-electron chi connectivity index (χ1n) is 5.91. The molecule has 3 heteroatoms. The maximum Gasteiger partial charge on any atom is 0.123 e. The van der Waals surface area contributed by atoms with Crippen LogP contribution >= 0.6 is 0 Å². The van der Waals surface area contributed by atoms with Crippen LogP contribution in [-0.4, -0.2) is 25.7 Å². The zero-order chi connectivity index (χ0) is 11.8. The van der Waals surface area contributed by atoms with Gasteiger partial charge in [-0.1, -0.05) is 19.1 Å². The molecule has 0 saturated heterocycles. The SMILES string of the molecule is CCNCC(C)NCCc1ccc(F)cc1. The highest BCUT2D eigenvalue weighted by Gasteiger charge is 1.99. The summed E-state index contributed by atoms with van der Waals surface area (Å²) in [6.45, 7) is 7.18. The predicted molar refractivity (Wildman–Crippen MR) is 66.1 cm³/mol. The van der Waals surface area contributed by atoms with Crippen molar-refractivity contribution in [2.45, 2.75) is 26.3 Å². The van der Waals surface area contributed by atoms with E-state index in [4.69, 9.17) is 0 Å². The van der Waals surface area contributed by atoms with E-state index >= 15 is 0 Å².